The first-order valence-corrected chi connectivity index (χ1v) is 8.03. The van der Waals surface area contributed by atoms with E-state index in [1.54, 1.807) is 21.6 Å². The second-order valence-electron chi connectivity index (χ2n) is 3.88. The summed E-state index contributed by atoms with van der Waals surface area (Å²) < 4.78 is 5.76. The molecule has 1 aromatic rings. The van der Waals surface area contributed by atoms with E-state index in [0.29, 0.717) is 6.61 Å². The van der Waals surface area contributed by atoms with Gasteiger partial charge in [-0.25, -0.2) is 0 Å². The summed E-state index contributed by atoms with van der Waals surface area (Å²) in [5.74, 6) is 0.915. The third-order valence-electron chi connectivity index (χ3n) is 2.55. The number of hydrogen-bond acceptors (Lipinski definition) is 4. The quantitative estimate of drug-likeness (QED) is 0.831. The SMILES string of the molecule is CCc1cccc(OCC2=CC=C(CO)SS2)c1. The molecule has 0 saturated carbocycles. The molecule has 0 amide bonds. The maximum Gasteiger partial charge on any atom is 0.120 e. The zero-order chi connectivity index (χ0) is 12.8. The van der Waals surface area contributed by atoms with Crippen LogP contribution in [0, 0.1) is 0 Å². The van der Waals surface area contributed by atoms with Crippen LogP contribution in [-0.4, -0.2) is 18.3 Å². The van der Waals surface area contributed by atoms with Gasteiger partial charge in [0.25, 0.3) is 0 Å². The highest BCUT2D eigenvalue weighted by Gasteiger charge is 2.08. The fourth-order valence-electron chi connectivity index (χ4n) is 1.51. The molecule has 1 N–H and O–H groups in total. The van der Waals surface area contributed by atoms with Crippen molar-refractivity contribution in [3.8, 4) is 5.75 Å². The Hall–Kier alpha value is -0.840. The Balaban J connectivity index is 1.92. The Bertz CT molecular complexity index is 467. The molecule has 2 nitrogen and oxygen atoms in total. The molecule has 0 radical (unpaired) electrons. The molecule has 1 aromatic carbocycles. The molecule has 1 aliphatic rings. The number of aryl methyl sites for hydroxylation is 1. The van der Waals surface area contributed by atoms with E-state index in [1.165, 1.54) is 10.5 Å². The highest BCUT2D eigenvalue weighted by molar-refractivity contribution is 8.79. The molecule has 1 heterocycles. The molecule has 4 heteroatoms. The van der Waals surface area contributed by atoms with Crippen molar-refractivity contribution in [2.75, 3.05) is 13.2 Å². The van der Waals surface area contributed by atoms with Gasteiger partial charge in [0, 0.05) is 9.81 Å². The van der Waals surface area contributed by atoms with Crippen LogP contribution in [0.1, 0.15) is 12.5 Å². The van der Waals surface area contributed by atoms with Crippen molar-refractivity contribution in [3.05, 3.63) is 51.8 Å². The minimum atomic E-state index is 0.112. The van der Waals surface area contributed by atoms with E-state index in [9.17, 15) is 0 Å². The molecule has 0 fully saturated rings. The van der Waals surface area contributed by atoms with Crippen LogP contribution in [0.3, 0.4) is 0 Å². The Kier molecular flexibility index (Phi) is 5.23. The monoisotopic (exact) mass is 280 g/mol. The van der Waals surface area contributed by atoms with Gasteiger partial charge in [0.05, 0.1) is 6.61 Å². The molecule has 1 aliphatic heterocycles. The standard InChI is InChI=1S/C14H16O2S2/c1-2-11-4-3-5-12(8-11)16-10-14-7-6-13(9-15)17-18-14/h3-8,15H,2,9-10H2,1H3. The zero-order valence-electron chi connectivity index (χ0n) is 10.3. The van der Waals surface area contributed by atoms with E-state index in [2.05, 4.69) is 19.1 Å². The van der Waals surface area contributed by atoms with Crippen molar-refractivity contribution in [2.45, 2.75) is 13.3 Å². The third-order valence-corrected chi connectivity index (χ3v) is 5.12. The number of ether oxygens (including phenoxy) is 1. The lowest BCUT2D eigenvalue weighted by atomic mass is 10.2. The van der Waals surface area contributed by atoms with Gasteiger partial charge in [0.2, 0.25) is 0 Å². The van der Waals surface area contributed by atoms with Gasteiger partial charge in [-0.15, -0.1) is 0 Å². The summed E-state index contributed by atoms with van der Waals surface area (Å²) >= 11 is 0. The van der Waals surface area contributed by atoms with Crippen molar-refractivity contribution < 1.29 is 9.84 Å². The maximum absolute atomic E-state index is 8.98. The normalized spacial score (nSPS) is 15.0. The molecule has 0 unspecified atom stereocenters. The Labute approximate surface area is 116 Å². The van der Waals surface area contributed by atoms with Crippen LogP contribution in [-0.2, 0) is 6.42 Å². The first-order valence-electron chi connectivity index (χ1n) is 5.88. The molecule has 0 spiro atoms. The highest BCUT2D eigenvalue weighted by Crippen LogP contribution is 2.39. The molecular weight excluding hydrogens is 264 g/mol. The maximum atomic E-state index is 8.98. The molecular formula is C14H16O2S2. The van der Waals surface area contributed by atoms with Crippen LogP contribution < -0.4 is 4.74 Å². The van der Waals surface area contributed by atoms with E-state index in [-0.39, 0.29) is 6.61 Å². The number of allylic oxidation sites excluding steroid dienone is 2. The molecule has 0 aromatic heterocycles. The second kappa shape index (κ2) is 6.92. The number of aliphatic hydroxyl groups is 1. The molecule has 0 bridgehead atoms. The number of hydrogen-bond donors (Lipinski definition) is 1. The fraction of sp³-hybridized carbons (Fsp3) is 0.286. The number of aliphatic hydroxyl groups excluding tert-OH is 1. The van der Waals surface area contributed by atoms with Gasteiger partial charge in [-0.05, 0) is 36.3 Å². The lowest BCUT2D eigenvalue weighted by Gasteiger charge is -2.13. The van der Waals surface area contributed by atoms with Crippen LogP contribution in [0.25, 0.3) is 0 Å². The van der Waals surface area contributed by atoms with E-state index < -0.39 is 0 Å². The summed E-state index contributed by atoms with van der Waals surface area (Å²) in [6, 6.07) is 8.19. The van der Waals surface area contributed by atoms with Gasteiger partial charge in [0.15, 0.2) is 0 Å². The third kappa shape index (κ3) is 3.83. The van der Waals surface area contributed by atoms with Gasteiger partial charge in [-0.3, -0.25) is 0 Å². The lowest BCUT2D eigenvalue weighted by molar-refractivity contribution is 0.339. The average Bonchev–Trinajstić information content (AvgIpc) is 2.46. The minimum absolute atomic E-state index is 0.112. The van der Waals surface area contributed by atoms with Gasteiger partial charge in [-0.2, -0.15) is 0 Å². The average molecular weight is 280 g/mol. The van der Waals surface area contributed by atoms with E-state index >= 15 is 0 Å². The number of rotatable bonds is 5. The summed E-state index contributed by atoms with van der Waals surface area (Å²) in [4.78, 5) is 2.15. The van der Waals surface area contributed by atoms with Crippen LogP contribution in [0.4, 0.5) is 0 Å². The smallest absolute Gasteiger partial charge is 0.120 e. The van der Waals surface area contributed by atoms with Crippen molar-refractivity contribution >= 4 is 21.6 Å². The van der Waals surface area contributed by atoms with Gasteiger partial charge in [0.1, 0.15) is 12.4 Å². The van der Waals surface area contributed by atoms with E-state index in [1.807, 2.05) is 24.3 Å². The van der Waals surface area contributed by atoms with Crippen molar-refractivity contribution in [2.24, 2.45) is 0 Å². The predicted octanol–water partition coefficient (Wildman–Crippen LogP) is 3.78. The number of benzene rings is 1. The molecule has 18 heavy (non-hydrogen) atoms. The topological polar surface area (TPSA) is 29.5 Å². The Morgan fingerprint density at radius 1 is 1.17 bits per heavy atom. The van der Waals surface area contributed by atoms with E-state index in [4.69, 9.17) is 9.84 Å². The second-order valence-corrected chi connectivity index (χ2v) is 6.26. The highest BCUT2D eigenvalue weighted by atomic mass is 33.1. The zero-order valence-corrected chi connectivity index (χ0v) is 11.9. The molecule has 0 saturated heterocycles. The van der Waals surface area contributed by atoms with E-state index in [0.717, 1.165) is 17.1 Å². The summed E-state index contributed by atoms with van der Waals surface area (Å²) in [5, 5.41) is 8.98. The first kappa shape index (κ1) is 13.6. The molecule has 0 aliphatic carbocycles. The summed E-state index contributed by atoms with van der Waals surface area (Å²) in [5.41, 5.74) is 1.29. The summed E-state index contributed by atoms with van der Waals surface area (Å²) in [7, 11) is 3.24. The predicted molar refractivity (Wildman–Crippen MR) is 79.7 cm³/mol. The summed E-state index contributed by atoms with van der Waals surface area (Å²) in [6.45, 7) is 2.83. The van der Waals surface area contributed by atoms with Crippen LogP contribution in [0.5, 0.6) is 5.75 Å². The fourth-order valence-corrected chi connectivity index (χ4v) is 3.41. The largest absolute Gasteiger partial charge is 0.488 e. The van der Waals surface area contributed by atoms with Gasteiger partial charge < -0.3 is 9.84 Å². The molecule has 2 rings (SSSR count). The summed E-state index contributed by atoms with van der Waals surface area (Å²) in [6.07, 6.45) is 4.98. The molecule has 96 valence electrons. The lowest BCUT2D eigenvalue weighted by Crippen LogP contribution is -2.00. The van der Waals surface area contributed by atoms with Gasteiger partial charge >= 0.3 is 0 Å². The van der Waals surface area contributed by atoms with Crippen LogP contribution in [0.2, 0.25) is 0 Å². The van der Waals surface area contributed by atoms with Gasteiger partial charge in [-0.1, -0.05) is 40.6 Å². The van der Waals surface area contributed by atoms with Crippen molar-refractivity contribution in [1.29, 1.82) is 0 Å². The Morgan fingerprint density at radius 2 is 1.94 bits per heavy atom. The molecule has 0 atom stereocenters. The van der Waals surface area contributed by atoms with Crippen LogP contribution in [0.15, 0.2) is 46.2 Å². The van der Waals surface area contributed by atoms with Crippen LogP contribution >= 0.6 is 21.6 Å². The van der Waals surface area contributed by atoms with Crippen molar-refractivity contribution in [3.63, 3.8) is 0 Å². The first-order chi connectivity index (χ1) is 8.81. The Morgan fingerprint density at radius 3 is 2.61 bits per heavy atom. The van der Waals surface area contributed by atoms with Crippen molar-refractivity contribution in [1.82, 2.24) is 0 Å². The minimum Gasteiger partial charge on any atom is -0.488 e.